The second kappa shape index (κ2) is 8.57. The van der Waals surface area contributed by atoms with Crippen LogP contribution in [0.3, 0.4) is 0 Å². The lowest BCUT2D eigenvalue weighted by Gasteiger charge is -2.16. The highest BCUT2D eigenvalue weighted by Crippen LogP contribution is 2.17. The third-order valence-corrected chi connectivity index (χ3v) is 3.45. The maximum absolute atomic E-state index is 12.1. The predicted molar refractivity (Wildman–Crippen MR) is 78.6 cm³/mol. The molecule has 0 bridgehead atoms. The Morgan fingerprint density at radius 2 is 2.05 bits per heavy atom. The third-order valence-electron chi connectivity index (χ3n) is 3.45. The first-order chi connectivity index (χ1) is 9.22. The number of hydrogen-bond donors (Lipinski definition) is 1. The normalized spacial score (nSPS) is 11.9. The van der Waals surface area contributed by atoms with Crippen LogP contribution in [0.4, 0.5) is 0 Å². The molecule has 0 spiro atoms. The lowest BCUT2D eigenvalue weighted by Crippen LogP contribution is -2.29. The summed E-state index contributed by atoms with van der Waals surface area (Å²) in [5, 5.41) is 3.01. The van der Waals surface area contributed by atoms with Crippen molar-refractivity contribution in [1.82, 2.24) is 5.32 Å². The molecule has 1 rings (SSSR count). The van der Waals surface area contributed by atoms with Gasteiger partial charge in [-0.05, 0) is 24.5 Å². The number of ether oxygens (including phenoxy) is 1. The van der Waals surface area contributed by atoms with E-state index in [4.69, 9.17) is 4.74 Å². The van der Waals surface area contributed by atoms with Gasteiger partial charge < -0.3 is 10.1 Å². The Kier molecular flexibility index (Phi) is 7.01. The van der Waals surface area contributed by atoms with Crippen molar-refractivity contribution in [2.24, 2.45) is 5.92 Å². The Balaban J connectivity index is 2.54. The molecule has 1 aromatic carbocycles. The molecule has 1 N–H and O–H groups in total. The first-order valence-electron chi connectivity index (χ1n) is 7.14. The van der Waals surface area contributed by atoms with Crippen molar-refractivity contribution in [3.05, 3.63) is 29.8 Å². The van der Waals surface area contributed by atoms with Gasteiger partial charge >= 0.3 is 0 Å². The lowest BCUT2D eigenvalue weighted by atomic mass is 9.99. The second-order valence-electron chi connectivity index (χ2n) is 4.83. The zero-order chi connectivity index (χ0) is 14.1. The Labute approximate surface area is 116 Å². The summed E-state index contributed by atoms with van der Waals surface area (Å²) in [5.74, 6) is 1.15. The van der Waals surface area contributed by atoms with E-state index in [1.165, 1.54) is 19.3 Å². The number of benzene rings is 1. The highest BCUT2D eigenvalue weighted by molar-refractivity contribution is 5.96. The summed E-state index contributed by atoms with van der Waals surface area (Å²) < 4.78 is 5.20. The second-order valence-corrected chi connectivity index (χ2v) is 4.83. The van der Waals surface area contributed by atoms with Gasteiger partial charge in [0.2, 0.25) is 0 Å². The number of hydrogen-bond acceptors (Lipinski definition) is 2. The Morgan fingerprint density at radius 1 is 1.32 bits per heavy atom. The van der Waals surface area contributed by atoms with Crippen molar-refractivity contribution in [3.8, 4) is 5.75 Å². The molecule has 3 heteroatoms. The Hall–Kier alpha value is -1.51. The van der Waals surface area contributed by atoms with Crippen LogP contribution in [0.2, 0.25) is 0 Å². The third kappa shape index (κ3) is 4.93. The molecule has 0 heterocycles. The van der Waals surface area contributed by atoms with Gasteiger partial charge in [0, 0.05) is 6.54 Å². The molecule has 19 heavy (non-hydrogen) atoms. The molecule has 1 aromatic rings. The zero-order valence-electron chi connectivity index (χ0n) is 12.2. The van der Waals surface area contributed by atoms with Gasteiger partial charge in [-0.1, -0.05) is 45.2 Å². The summed E-state index contributed by atoms with van der Waals surface area (Å²) >= 11 is 0. The molecule has 1 amide bonds. The minimum atomic E-state index is -0.0487. The van der Waals surface area contributed by atoms with Crippen LogP contribution in [0.25, 0.3) is 0 Å². The molecule has 0 aliphatic carbocycles. The molecule has 0 radical (unpaired) electrons. The van der Waals surface area contributed by atoms with Crippen LogP contribution < -0.4 is 10.1 Å². The number of amides is 1. The number of para-hydroxylation sites is 1. The van der Waals surface area contributed by atoms with Crippen LogP contribution in [0.15, 0.2) is 24.3 Å². The molecule has 3 nitrogen and oxygen atoms in total. The lowest BCUT2D eigenvalue weighted by molar-refractivity contribution is 0.0943. The number of carbonyl (C=O) groups excluding carboxylic acids is 1. The maximum atomic E-state index is 12.1. The van der Waals surface area contributed by atoms with E-state index in [0.29, 0.717) is 17.2 Å². The fourth-order valence-corrected chi connectivity index (χ4v) is 2.11. The monoisotopic (exact) mass is 263 g/mol. The fraction of sp³-hybridized carbons (Fsp3) is 0.562. The van der Waals surface area contributed by atoms with Crippen molar-refractivity contribution >= 4 is 5.91 Å². The summed E-state index contributed by atoms with van der Waals surface area (Å²) in [6.45, 7) is 5.11. The summed E-state index contributed by atoms with van der Waals surface area (Å²) in [6, 6.07) is 7.32. The molecule has 0 unspecified atom stereocenters. The predicted octanol–water partition coefficient (Wildman–Crippen LogP) is 3.64. The van der Waals surface area contributed by atoms with E-state index in [2.05, 4.69) is 19.2 Å². The minimum absolute atomic E-state index is 0.0487. The summed E-state index contributed by atoms with van der Waals surface area (Å²) in [6.07, 6.45) is 4.71. The van der Waals surface area contributed by atoms with E-state index < -0.39 is 0 Å². The van der Waals surface area contributed by atoms with E-state index in [1.807, 2.05) is 18.2 Å². The van der Waals surface area contributed by atoms with Crippen LogP contribution in [0, 0.1) is 5.92 Å². The zero-order valence-corrected chi connectivity index (χ0v) is 12.2. The number of carbonyl (C=O) groups is 1. The van der Waals surface area contributed by atoms with Crippen LogP contribution in [0.5, 0.6) is 5.75 Å². The number of methoxy groups -OCH3 is 1. The summed E-state index contributed by atoms with van der Waals surface area (Å²) in [4.78, 5) is 12.1. The van der Waals surface area contributed by atoms with Crippen LogP contribution >= 0.6 is 0 Å². The molecule has 0 saturated carbocycles. The average Bonchev–Trinajstić information content (AvgIpc) is 2.47. The molecule has 1 atom stereocenters. The van der Waals surface area contributed by atoms with Crippen LogP contribution in [-0.2, 0) is 0 Å². The van der Waals surface area contributed by atoms with Gasteiger partial charge in [0.05, 0.1) is 12.7 Å². The van der Waals surface area contributed by atoms with Crippen molar-refractivity contribution in [1.29, 1.82) is 0 Å². The van der Waals surface area contributed by atoms with Crippen molar-refractivity contribution in [2.45, 2.75) is 39.5 Å². The summed E-state index contributed by atoms with van der Waals surface area (Å²) in [7, 11) is 1.59. The molecular weight excluding hydrogens is 238 g/mol. The van der Waals surface area contributed by atoms with Crippen molar-refractivity contribution < 1.29 is 9.53 Å². The number of unbranched alkanes of at least 4 members (excludes halogenated alkanes) is 1. The Bertz CT molecular complexity index is 390. The van der Waals surface area contributed by atoms with Gasteiger partial charge in [-0.25, -0.2) is 0 Å². The quantitative estimate of drug-likeness (QED) is 0.777. The first kappa shape index (κ1) is 15.5. The Morgan fingerprint density at radius 3 is 2.68 bits per heavy atom. The van der Waals surface area contributed by atoms with Crippen LogP contribution in [0.1, 0.15) is 49.9 Å². The van der Waals surface area contributed by atoms with E-state index in [0.717, 1.165) is 13.0 Å². The van der Waals surface area contributed by atoms with Gasteiger partial charge in [0.15, 0.2) is 0 Å². The molecule has 106 valence electrons. The highest BCUT2D eigenvalue weighted by Gasteiger charge is 2.13. The highest BCUT2D eigenvalue weighted by atomic mass is 16.5. The largest absolute Gasteiger partial charge is 0.496 e. The van der Waals surface area contributed by atoms with Crippen molar-refractivity contribution in [2.75, 3.05) is 13.7 Å². The standard InChI is InChI=1S/C16H25NO2/c1-4-6-9-13(5-2)12-17-16(18)14-10-7-8-11-15(14)19-3/h7-8,10-11,13H,4-6,9,12H2,1-3H3,(H,17,18)/t13-/m1/s1. The smallest absolute Gasteiger partial charge is 0.255 e. The summed E-state index contributed by atoms with van der Waals surface area (Å²) in [5.41, 5.74) is 0.607. The van der Waals surface area contributed by atoms with Gasteiger partial charge in [0.25, 0.3) is 5.91 Å². The molecule has 0 saturated heterocycles. The van der Waals surface area contributed by atoms with Gasteiger partial charge in [-0.3, -0.25) is 4.79 Å². The van der Waals surface area contributed by atoms with Gasteiger partial charge in [0.1, 0.15) is 5.75 Å². The van der Waals surface area contributed by atoms with E-state index in [-0.39, 0.29) is 5.91 Å². The van der Waals surface area contributed by atoms with E-state index >= 15 is 0 Å². The van der Waals surface area contributed by atoms with Crippen molar-refractivity contribution in [3.63, 3.8) is 0 Å². The van der Waals surface area contributed by atoms with E-state index in [9.17, 15) is 4.79 Å². The average molecular weight is 263 g/mol. The number of rotatable bonds is 8. The SMILES string of the molecule is CCCC[C@@H](CC)CNC(=O)c1ccccc1OC. The van der Waals surface area contributed by atoms with Gasteiger partial charge in [-0.15, -0.1) is 0 Å². The molecule has 0 aliphatic heterocycles. The molecule has 0 fully saturated rings. The number of nitrogens with one attached hydrogen (secondary N) is 1. The topological polar surface area (TPSA) is 38.3 Å². The molecule has 0 aromatic heterocycles. The fourth-order valence-electron chi connectivity index (χ4n) is 2.11. The van der Waals surface area contributed by atoms with Crippen LogP contribution in [-0.4, -0.2) is 19.6 Å². The molecular formula is C16H25NO2. The minimum Gasteiger partial charge on any atom is -0.496 e. The van der Waals surface area contributed by atoms with Gasteiger partial charge in [-0.2, -0.15) is 0 Å². The maximum Gasteiger partial charge on any atom is 0.255 e. The van der Waals surface area contributed by atoms with E-state index in [1.54, 1.807) is 13.2 Å². The molecule has 0 aliphatic rings. The first-order valence-corrected chi connectivity index (χ1v) is 7.14.